The maximum atomic E-state index is 13.6. The van der Waals surface area contributed by atoms with Crippen molar-refractivity contribution in [3.8, 4) is 11.1 Å². The molecule has 1 unspecified atom stereocenters. The maximum Gasteiger partial charge on any atom is 0.262 e. The zero-order valence-electron chi connectivity index (χ0n) is 16.9. The molecule has 30 heavy (non-hydrogen) atoms. The number of nitrogens with two attached hydrogens (primary N) is 1. The number of hydrogen-bond acceptors (Lipinski definition) is 4. The third-order valence-electron chi connectivity index (χ3n) is 7.26. The van der Waals surface area contributed by atoms with Gasteiger partial charge in [0.15, 0.2) is 17.2 Å². The quantitative estimate of drug-likeness (QED) is 0.720. The number of aliphatic hydroxyl groups is 1. The number of carbonyl (C=O) groups is 1. The number of fused-ring (bicyclic) bond motifs is 3. The number of benzene rings is 2. The van der Waals surface area contributed by atoms with Crippen LogP contribution in [-0.4, -0.2) is 35.0 Å². The van der Waals surface area contributed by atoms with Crippen LogP contribution < -0.4 is 5.73 Å². The summed E-state index contributed by atoms with van der Waals surface area (Å²) in [6, 6.07) is 13.7. The van der Waals surface area contributed by atoms with Gasteiger partial charge in [-0.15, -0.1) is 0 Å². The third-order valence-corrected chi connectivity index (χ3v) is 7.26. The second-order valence-corrected chi connectivity index (χ2v) is 8.77. The van der Waals surface area contributed by atoms with Crippen LogP contribution in [0.3, 0.4) is 0 Å². The number of guanidine groups is 1. The lowest BCUT2D eigenvalue weighted by molar-refractivity contribution is -0.137. The highest BCUT2D eigenvalue weighted by atomic mass is 16.3. The van der Waals surface area contributed by atoms with E-state index in [9.17, 15) is 9.90 Å². The number of aliphatic imine (C=N–C) groups is 1. The minimum absolute atomic E-state index is 0.0813. The van der Waals surface area contributed by atoms with Gasteiger partial charge in [-0.3, -0.25) is 9.69 Å². The lowest BCUT2D eigenvalue weighted by Gasteiger charge is -2.44. The molecule has 0 saturated heterocycles. The van der Waals surface area contributed by atoms with Crippen LogP contribution in [0.4, 0.5) is 5.69 Å². The minimum atomic E-state index is -1.03. The van der Waals surface area contributed by atoms with Gasteiger partial charge in [-0.2, -0.15) is 0 Å². The third kappa shape index (κ3) is 2.39. The molecule has 2 aliphatic carbocycles. The summed E-state index contributed by atoms with van der Waals surface area (Å²) in [4.78, 5) is 23.5. The first kappa shape index (κ1) is 18.8. The Morgan fingerprint density at radius 3 is 2.60 bits per heavy atom. The van der Waals surface area contributed by atoms with Crippen LogP contribution in [0.15, 0.2) is 47.5 Å². The molecule has 3 N–H and O–H groups in total. The molecule has 3 aliphatic rings. The smallest absolute Gasteiger partial charge is 0.262 e. The van der Waals surface area contributed by atoms with Gasteiger partial charge in [0.2, 0.25) is 0 Å². The van der Waals surface area contributed by atoms with E-state index in [1.54, 1.807) is 13.1 Å². The van der Waals surface area contributed by atoms with Crippen LogP contribution in [0.5, 0.6) is 0 Å². The van der Waals surface area contributed by atoms with Gasteiger partial charge in [0.25, 0.3) is 5.91 Å². The van der Waals surface area contributed by atoms with Gasteiger partial charge in [-0.05, 0) is 66.5 Å². The second kappa shape index (κ2) is 6.41. The van der Waals surface area contributed by atoms with Crippen molar-refractivity contribution in [3.63, 3.8) is 0 Å². The SMILES string of the molecule is [C-]#[N+]c1cccc(-c2ccc3c(c2)C2(N=C(N)N(C)C2=O)C2(CCC(O)CC2)C3)c1. The van der Waals surface area contributed by atoms with Gasteiger partial charge < -0.3 is 10.8 Å². The van der Waals surface area contributed by atoms with Gasteiger partial charge in [-0.1, -0.05) is 30.3 Å². The Bertz CT molecular complexity index is 1120. The monoisotopic (exact) mass is 400 g/mol. The molecule has 1 saturated carbocycles. The van der Waals surface area contributed by atoms with E-state index in [1.807, 2.05) is 18.2 Å². The molecule has 0 aromatic heterocycles. The van der Waals surface area contributed by atoms with Crippen LogP contribution in [0.1, 0.15) is 36.8 Å². The van der Waals surface area contributed by atoms with Crippen LogP contribution in [0.25, 0.3) is 16.0 Å². The lowest BCUT2D eigenvalue weighted by atomic mass is 9.61. The highest BCUT2D eigenvalue weighted by Gasteiger charge is 2.66. The highest BCUT2D eigenvalue weighted by molar-refractivity contribution is 6.08. The summed E-state index contributed by atoms with van der Waals surface area (Å²) < 4.78 is 0. The van der Waals surface area contributed by atoms with Crippen molar-refractivity contribution in [2.75, 3.05) is 7.05 Å². The van der Waals surface area contributed by atoms with Crippen molar-refractivity contribution < 1.29 is 9.90 Å². The molecule has 2 aromatic rings. The van der Waals surface area contributed by atoms with E-state index in [0.29, 0.717) is 18.5 Å². The Labute approximate surface area is 175 Å². The van der Waals surface area contributed by atoms with Crippen molar-refractivity contribution in [2.24, 2.45) is 16.1 Å². The molecule has 152 valence electrons. The largest absolute Gasteiger partial charge is 0.393 e. The van der Waals surface area contributed by atoms with Crippen LogP contribution >= 0.6 is 0 Å². The van der Waals surface area contributed by atoms with E-state index in [2.05, 4.69) is 23.0 Å². The van der Waals surface area contributed by atoms with E-state index in [1.165, 1.54) is 4.90 Å². The molecule has 6 nitrogen and oxygen atoms in total. The number of rotatable bonds is 1. The van der Waals surface area contributed by atoms with Gasteiger partial charge in [-0.25, -0.2) is 9.84 Å². The Morgan fingerprint density at radius 2 is 1.93 bits per heavy atom. The number of likely N-dealkylation sites (N-methyl/N-ethyl adjacent to an activating group) is 1. The van der Waals surface area contributed by atoms with E-state index in [-0.39, 0.29) is 23.4 Å². The average Bonchev–Trinajstić information content (AvgIpc) is 3.16. The Kier molecular flexibility index (Phi) is 4.03. The summed E-state index contributed by atoms with van der Waals surface area (Å²) >= 11 is 0. The molecule has 0 bridgehead atoms. The fourth-order valence-electron chi connectivity index (χ4n) is 5.64. The Balaban J connectivity index is 1.70. The summed E-state index contributed by atoms with van der Waals surface area (Å²) in [6.07, 6.45) is 3.25. The molecule has 1 fully saturated rings. The van der Waals surface area contributed by atoms with E-state index in [0.717, 1.165) is 41.5 Å². The predicted molar refractivity (Wildman–Crippen MR) is 115 cm³/mol. The topological polar surface area (TPSA) is 83.3 Å². The van der Waals surface area contributed by atoms with Crippen LogP contribution in [0.2, 0.25) is 0 Å². The van der Waals surface area contributed by atoms with E-state index >= 15 is 0 Å². The van der Waals surface area contributed by atoms with Gasteiger partial charge in [0.05, 0.1) is 12.7 Å². The molecule has 6 heteroatoms. The van der Waals surface area contributed by atoms with Gasteiger partial charge >= 0.3 is 0 Å². The zero-order valence-corrected chi connectivity index (χ0v) is 16.9. The average molecular weight is 400 g/mol. The summed E-state index contributed by atoms with van der Waals surface area (Å²) in [5, 5.41) is 10.1. The molecule has 1 atom stereocenters. The minimum Gasteiger partial charge on any atom is -0.393 e. The Hall–Kier alpha value is -3.17. The van der Waals surface area contributed by atoms with E-state index < -0.39 is 5.54 Å². The molecule has 2 spiro atoms. The summed E-state index contributed by atoms with van der Waals surface area (Å²) in [6.45, 7) is 7.30. The molecular weight excluding hydrogens is 376 g/mol. The first-order valence-electron chi connectivity index (χ1n) is 10.3. The summed E-state index contributed by atoms with van der Waals surface area (Å²) in [5.41, 5.74) is 9.29. The number of hydrogen-bond donors (Lipinski definition) is 2. The number of nitrogens with zero attached hydrogens (tertiary/aromatic N) is 3. The van der Waals surface area contributed by atoms with E-state index in [4.69, 9.17) is 17.3 Å². The molecule has 0 radical (unpaired) electrons. The van der Waals surface area contributed by atoms with Crippen LogP contribution in [-0.2, 0) is 16.8 Å². The molecule has 1 heterocycles. The number of carbonyl (C=O) groups excluding carboxylic acids is 1. The fourth-order valence-corrected chi connectivity index (χ4v) is 5.64. The van der Waals surface area contributed by atoms with Crippen molar-refractivity contribution in [2.45, 2.75) is 43.7 Å². The Morgan fingerprint density at radius 1 is 1.20 bits per heavy atom. The second-order valence-electron chi connectivity index (χ2n) is 8.77. The van der Waals surface area contributed by atoms with Gasteiger partial charge in [0.1, 0.15) is 0 Å². The summed E-state index contributed by atoms with van der Waals surface area (Å²) in [5.74, 6) is 0.168. The van der Waals surface area contributed by atoms with Crippen molar-refractivity contribution in [1.29, 1.82) is 0 Å². The van der Waals surface area contributed by atoms with Crippen molar-refractivity contribution in [3.05, 3.63) is 65.0 Å². The molecule has 1 amide bonds. The number of aliphatic hydroxyl groups excluding tert-OH is 1. The highest BCUT2D eigenvalue weighted by Crippen LogP contribution is 2.61. The molecule has 5 rings (SSSR count). The van der Waals surface area contributed by atoms with Crippen LogP contribution in [0, 0.1) is 12.0 Å². The zero-order chi connectivity index (χ0) is 21.1. The molecule has 1 aliphatic heterocycles. The van der Waals surface area contributed by atoms with Crippen molar-refractivity contribution >= 4 is 17.6 Å². The van der Waals surface area contributed by atoms with Gasteiger partial charge in [0, 0.05) is 12.5 Å². The summed E-state index contributed by atoms with van der Waals surface area (Å²) in [7, 11) is 1.68. The number of amides is 1. The molecular formula is C24H24N4O2. The maximum absolute atomic E-state index is 13.6. The normalized spacial score (nSPS) is 29.9. The predicted octanol–water partition coefficient (Wildman–Crippen LogP) is 3.36. The standard InChI is InChI=1S/C24H24N4O2/c1-26-18-5-3-4-15(12-18)16-6-7-17-14-23(10-8-19(29)9-11-23)24(20(17)13-16)21(30)28(2)22(25)27-24/h3-7,12-13,19,29H,8-11,14H2,2H3,(H2,25,27). The molecule has 2 aromatic carbocycles. The fraction of sp³-hybridized carbons (Fsp3) is 0.375. The first-order valence-corrected chi connectivity index (χ1v) is 10.3. The lowest BCUT2D eigenvalue weighted by Crippen LogP contribution is -2.51. The van der Waals surface area contributed by atoms with Crippen molar-refractivity contribution in [1.82, 2.24) is 4.90 Å². The first-order chi connectivity index (χ1) is 14.4.